The molecule has 26 heavy (non-hydrogen) atoms. The van der Waals surface area contributed by atoms with E-state index < -0.39 is 12.0 Å². The molecule has 1 heterocycles. The fourth-order valence-electron chi connectivity index (χ4n) is 2.46. The summed E-state index contributed by atoms with van der Waals surface area (Å²) in [7, 11) is 0. The highest BCUT2D eigenvalue weighted by atomic mass is 16.4. The van der Waals surface area contributed by atoms with Gasteiger partial charge in [-0.15, -0.1) is 0 Å². The van der Waals surface area contributed by atoms with E-state index >= 15 is 0 Å². The lowest BCUT2D eigenvalue weighted by Crippen LogP contribution is -2.43. The average Bonchev–Trinajstić information content (AvgIpc) is 2.66. The molecule has 1 aromatic carbocycles. The number of carboxylic acid groups (broad SMARTS) is 1. The number of benzene rings is 1. The minimum absolute atomic E-state index is 0.0113. The molecule has 2 rings (SSSR count). The van der Waals surface area contributed by atoms with E-state index in [2.05, 4.69) is 15.6 Å². The van der Waals surface area contributed by atoms with E-state index in [0.29, 0.717) is 12.2 Å². The Kier molecular flexibility index (Phi) is 6.82. The van der Waals surface area contributed by atoms with E-state index in [-0.39, 0.29) is 24.1 Å². The van der Waals surface area contributed by atoms with Crippen LogP contribution in [0, 0.1) is 0 Å². The number of carboxylic acids is 1. The highest BCUT2D eigenvalue weighted by molar-refractivity contribution is 5.87. The van der Waals surface area contributed by atoms with Crippen molar-refractivity contribution in [3.8, 4) is 0 Å². The second-order valence-corrected chi connectivity index (χ2v) is 6.08. The molecule has 0 fully saturated rings. The Hall–Kier alpha value is -2.77. The van der Waals surface area contributed by atoms with Crippen molar-refractivity contribution in [3.63, 3.8) is 0 Å². The largest absolute Gasteiger partial charge is 0.478 e. The van der Waals surface area contributed by atoms with Gasteiger partial charge in [0.05, 0.1) is 23.9 Å². The first-order chi connectivity index (χ1) is 12.4. The Labute approximate surface area is 152 Å². The molecule has 2 atom stereocenters. The molecule has 0 aliphatic carbocycles. The van der Waals surface area contributed by atoms with Crippen LogP contribution < -0.4 is 10.6 Å². The Balaban J connectivity index is 1.89. The molecule has 7 nitrogen and oxygen atoms in total. The van der Waals surface area contributed by atoms with Crippen molar-refractivity contribution in [2.75, 3.05) is 0 Å². The zero-order chi connectivity index (χ0) is 19.1. The maximum atomic E-state index is 12.3. The summed E-state index contributed by atoms with van der Waals surface area (Å²) in [5.41, 5.74) is 2.47. The van der Waals surface area contributed by atoms with Crippen LogP contribution >= 0.6 is 0 Å². The summed E-state index contributed by atoms with van der Waals surface area (Å²) in [5.74, 6) is -1.18. The van der Waals surface area contributed by atoms with Crippen molar-refractivity contribution >= 4 is 11.9 Å². The monoisotopic (exact) mass is 357 g/mol. The van der Waals surface area contributed by atoms with Crippen LogP contribution in [0.5, 0.6) is 0 Å². The lowest BCUT2D eigenvalue weighted by molar-refractivity contribution is -0.123. The number of carbonyl (C=O) groups is 2. The molecule has 2 unspecified atom stereocenters. The Morgan fingerprint density at radius 1 is 1.12 bits per heavy atom. The third-order valence-corrected chi connectivity index (χ3v) is 4.04. The third kappa shape index (κ3) is 5.37. The van der Waals surface area contributed by atoms with Crippen molar-refractivity contribution in [2.45, 2.75) is 39.1 Å². The summed E-state index contributed by atoms with van der Waals surface area (Å²) in [5, 5.41) is 24.0. The number of aliphatic hydroxyl groups excluding tert-OH is 1. The molecule has 7 heteroatoms. The predicted molar refractivity (Wildman–Crippen MR) is 96.4 cm³/mol. The first kappa shape index (κ1) is 19.6. The van der Waals surface area contributed by atoms with Gasteiger partial charge in [0.1, 0.15) is 0 Å². The third-order valence-electron chi connectivity index (χ3n) is 4.04. The Morgan fingerprint density at radius 3 is 2.38 bits per heavy atom. The van der Waals surface area contributed by atoms with E-state index in [1.54, 1.807) is 6.92 Å². The van der Waals surface area contributed by atoms with Gasteiger partial charge in [-0.25, -0.2) is 4.79 Å². The minimum Gasteiger partial charge on any atom is -0.478 e. The molecule has 1 amide bonds. The first-order valence-electron chi connectivity index (χ1n) is 8.32. The zero-order valence-electron chi connectivity index (χ0n) is 14.8. The SMILES string of the molecule is CC(NC(C)c1cc(C(=O)O)ccn1)C(=O)NCc1ccc(CO)cc1. The number of nitrogens with one attached hydrogen (secondary N) is 2. The Morgan fingerprint density at radius 2 is 1.77 bits per heavy atom. The summed E-state index contributed by atoms with van der Waals surface area (Å²) in [4.78, 5) is 27.5. The van der Waals surface area contributed by atoms with Gasteiger partial charge in [-0.05, 0) is 37.1 Å². The van der Waals surface area contributed by atoms with Crippen LogP contribution in [0.1, 0.15) is 47.1 Å². The molecule has 0 bridgehead atoms. The van der Waals surface area contributed by atoms with Gasteiger partial charge in [-0.3, -0.25) is 15.1 Å². The van der Waals surface area contributed by atoms with Gasteiger partial charge in [0.15, 0.2) is 0 Å². The molecule has 4 N–H and O–H groups in total. The predicted octanol–water partition coefficient (Wildman–Crippen LogP) is 1.63. The maximum absolute atomic E-state index is 12.3. The van der Waals surface area contributed by atoms with Crippen molar-refractivity contribution in [3.05, 3.63) is 65.0 Å². The maximum Gasteiger partial charge on any atom is 0.335 e. The lowest BCUT2D eigenvalue weighted by atomic mass is 10.1. The molecule has 1 aromatic heterocycles. The minimum atomic E-state index is -1.01. The fourth-order valence-corrected chi connectivity index (χ4v) is 2.46. The van der Waals surface area contributed by atoms with Crippen LogP contribution in [0.2, 0.25) is 0 Å². The normalized spacial score (nSPS) is 13.0. The lowest BCUT2D eigenvalue weighted by Gasteiger charge is -2.19. The van der Waals surface area contributed by atoms with Gasteiger partial charge < -0.3 is 15.5 Å². The number of nitrogens with zero attached hydrogens (tertiary/aromatic N) is 1. The van der Waals surface area contributed by atoms with Gasteiger partial charge in [-0.2, -0.15) is 0 Å². The van der Waals surface area contributed by atoms with Gasteiger partial charge >= 0.3 is 5.97 Å². The standard InChI is InChI=1S/C19H23N3O4/c1-12(17-9-16(19(25)26)7-8-20-17)22-13(2)18(24)21-10-14-3-5-15(11-23)6-4-14/h3-9,12-13,22-23H,10-11H2,1-2H3,(H,21,24)(H,25,26). The smallest absolute Gasteiger partial charge is 0.335 e. The highest BCUT2D eigenvalue weighted by Crippen LogP contribution is 2.12. The summed E-state index contributed by atoms with van der Waals surface area (Å²) < 4.78 is 0. The van der Waals surface area contributed by atoms with Crippen molar-refractivity contribution < 1.29 is 19.8 Å². The van der Waals surface area contributed by atoms with Gasteiger partial charge in [-0.1, -0.05) is 24.3 Å². The fraction of sp³-hybridized carbons (Fsp3) is 0.316. The Bertz CT molecular complexity index is 762. The second-order valence-electron chi connectivity index (χ2n) is 6.08. The molecule has 0 saturated carbocycles. The number of hydrogen-bond acceptors (Lipinski definition) is 5. The molecular weight excluding hydrogens is 334 g/mol. The van der Waals surface area contributed by atoms with Gasteiger partial charge in [0.25, 0.3) is 0 Å². The van der Waals surface area contributed by atoms with E-state index in [0.717, 1.165) is 11.1 Å². The molecule has 2 aromatic rings. The van der Waals surface area contributed by atoms with Crippen LogP contribution in [0.15, 0.2) is 42.6 Å². The van der Waals surface area contributed by atoms with Gasteiger partial charge in [0, 0.05) is 18.8 Å². The average molecular weight is 357 g/mol. The van der Waals surface area contributed by atoms with Crippen molar-refractivity contribution in [1.29, 1.82) is 0 Å². The summed E-state index contributed by atoms with van der Waals surface area (Å²) in [6, 6.07) is 9.50. The van der Waals surface area contributed by atoms with Crippen LogP contribution in [-0.2, 0) is 17.9 Å². The van der Waals surface area contributed by atoms with E-state index in [9.17, 15) is 9.59 Å². The van der Waals surface area contributed by atoms with E-state index in [1.807, 2.05) is 31.2 Å². The summed E-state index contributed by atoms with van der Waals surface area (Å²) in [6.07, 6.45) is 1.44. The van der Waals surface area contributed by atoms with E-state index in [1.165, 1.54) is 18.3 Å². The topological polar surface area (TPSA) is 112 Å². The number of amides is 1. The number of aliphatic hydroxyl groups is 1. The molecule has 0 aliphatic rings. The zero-order valence-corrected chi connectivity index (χ0v) is 14.8. The van der Waals surface area contributed by atoms with Crippen LogP contribution in [-0.4, -0.2) is 33.1 Å². The molecule has 0 spiro atoms. The molecule has 0 saturated heterocycles. The molecule has 0 aliphatic heterocycles. The number of aromatic carboxylic acids is 1. The highest BCUT2D eigenvalue weighted by Gasteiger charge is 2.17. The van der Waals surface area contributed by atoms with Crippen LogP contribution in [0.3, 0.4) is 0 Å². The summed E-state index contributed by atoms with van der Waals surface area (Å²) in [6.45, 7) is 3.94. The number of hydrogen-bond donors (Lipinski definition) is 4. The number of rotatable bonds is 8. The van der Waals surface area contributed by atoms with Crippen molar-refractivity contribution in [2.24, 2.45) is 0 Å². The summed E-state index contributed by atoms with van der Waals surface area (Å²) >= 11 is 0. The number of pyridine rings is 1. The van der Waals surface area contributed by atoms with Crippen LogP contribution in [0.4, 0.5) is 0 Å². The van der Waals surface area contributed by atoms with Gasteiger partial charge in [0.2, 0.25) is 5.91 Å². The van der Waals surface area contributed by atoms with Crippen molar-refractivity contribution in [1.82, 2.24) is 15.6 Å². The first-order valence-corrected chi connectivity index (χ1v) is 8.32. The second kappa shape index (κ2) is 9.07. The quantitative estimate of drug-likeness (QED) is 0.571. The van der Waals surface area contributed by atoms with Crippen LogP contribution in [0.25, 0.3) is 0 Å². The number of carbonyl (C=O) groups excluding carboxylic acids is 1. The number of aromatic nitrogens is 1. The van der Waals surface area contributed by atoms with E-state index in [4.69, 9.17) is 10.2 Å². The molecule has 138 valence electrons. The molecular formula is C19H23N3O4. The molecule has 0 radical (unpaired) electrons.